The topological polar surface area (TPSA) is 116 Å². The number of hydrogen-bond donors (Lipinski definition) is 1. The zero-order chi connectivity index (χ0) is 23.4. The van der Waals surface area contributed by atoms with Crippen molar-refractivity contribution in [2.75, 3.05) is 11.9 Å². The van der Waals surface area contributed by atoms with E-state index in [1.165, 1.54) is 4.68 Å². The molecule has 1 N–H and O–H groups in total. The van der Waals surface area contributed by atoms with Crippen LogP contribution in [0.2, 0.25) is 5.15 Å². The van der Waals surface area contributed by atoms with E-state index in [4.69, 9.17) is 16.3 Å². The second-order valence-electron chi connectivity index (χ2n) is 6.94. The lowest BCUT2D eigenvalue weighted by molar-refractivity contribution is -0.384. The van der Waals surface area contributed by atoms with Crippen LogP contribution in [0.1, 0.15) is 27.2 Å². The highest BCUT2D eigenvalue weighted by molar-refractivity contribution is 6.32. The largest absolute Gasteiger partial charge is 0.452 e. The molecule has 0 aliphatic carbocycles. The highest BCUT2D eigenvalue weighted by Crippen LogP contribution is 2.23. The standard InChI is InChI=1S/C21H18ClFN4O5/c1-12-3-5-14(6-4-12)10-26-20(22)19(13(2)25-26)21(29)32-11-18(28)24-17-9-15(27(30)31)7-8-16(17)23/h3-9H,10-11H2,1-2H3,(H,24,28). The monoisotopic (exact) mass is 460 g/mol. The zero-order valence-corrected chi connectivity index (χ0v) is 17.9. The van der Waals surface area contributed by atoms with Crippen LogP contribution in [0.15, 0.2) is 42.5 Å². The maximum Gasteiger partial charge on any atom is 0.343 e. The minimum atomic E-state index is -0.877. The molecule has 0 spiro atoms. The molecular weight excluding hydrogens is 443 g/mol. The molecule has 166 valence electrons. The quantitative estimate of drug-likeness (QED) is 0.323. The molecule has 0 saturated carbocycles. The number of ether oxygens (including phenoxy) is 1. The van der Waals surface area contributed by atoms with Gasteiger partial charge in [0.25, 0.3) is 11.6 Å². The first-order chi connectivity index (χ1) is 15.2. The average Bonchev–Trinajstić information content (AvgIpc) is 3.02. The van der Waals surface area contributed by atoms with E-state index in [0.717, 1.165) is 29.3 Å². The van der Waals surface area contributed by atoms with E-state index >= 15 is 0 Å². The summed E-state index contributed by atoms with van der Waals surface area (Å²) in [5, 5.41) is 17.2. The number of carbonyl (C=O) groups is 2. The van der Waals surface area contributed by atoms with Crippen molar-refractivity contribution in [3.63, 3.8) is 0 Å². The van der Waals surface area contributed by atoms with Crippen LogP contribution in [0.25, 0.3) is 0 Å². The third-order valence-electron chi connectivity index (χ3n) is 4.49. The van der Waals surface area contributed by atoms with Gasteiger partial charge in [0.2, 0.25) is 0 Å². The molecule has 0 unspecified atom stereocenters. The van der Waals surface area contributed by atoms with Crippen molar-refractivity contribution in [3.8, 4) is 0 Å². The summed E-state index contributed by atoms with van der Waals surface area (Å²) in [5.41, 5.74) is 1.55. The molecule has 3 rings (SSSR count). The fourth-order valence-corrected chi connectivity index (χ4v) is 3.18. The lowest BCUT2D eigenvalue weighted by atomic mass is 10.1. The predicted octanol–water partition coefficient (Wildman–Crippen LogP) is 4.04. The van der Waals surface area contributed by atoms with Crippen molar-refractivity contribution in [1.29, 1.82) is 0 Å². The highest BCUT2D eigenvalue weighted by atomic mass is 35.5. The number of nitro benzene ring substituents is 1. The summed E-state index contributed by atoms with van der Waals surface area (Å²) in [6.45, 7) is 3.12. The second-order valence-corrected chi connectivity index (χ2v) is 7.30. The number of amides is 1. The van der Waals surface area contributed by atoms with Gasteiger partial charge in [-0.15, -0.1) is 0 Å². The van der Waals surface area contributed by atoms with E-state index in [0.29, 0.717) is 12.2 Å². The van der Waals surface area contributed by atoms with Gasteiger partial charge in [0, 0.05) is 12.1 Å². The van der Waals surface area contributed by atoms with Crippen LogP contribution >= 0.6 is 11.6 Å². The van der Waals surface area contributed by atoms with Gasteiger partial charge in [-0.1, -0.05) is 41.4 Å². The Balaban J connectivity index is 1.65. The van der Waals surface area contributed by atoms with Crippen LogP contribution in [-0.2, 0) is 16.1 Å². The molecule has 1 heterocycles. The Labute approximate surface area is 186 Å². The van der Waals surface area contributed by atoms with Crippen LogP contribution in [0.5, 0.6) is 0 Å². The van der Waals surface area contributed by atoms with Crippen molar-refractivity contribution < 1.29 is 23.6 Å². The molecule has 0 radical (unpaired) electrons. The molecule has 1 amide bonds. The number of aromatic nitrogens is 2. The Morgan fingerprint density at radius 2 is 1.91 bits per heavy atom. The number of esters is 1. The van der Waals surface area contributed by atoms with E-state index in [1.807, 2.05) is 31.2 Å². The number of hydrogen-bond acceptors (Lipinski definition) is 6. The van der Waals surface area contributed by atoms with Crippen LogP contribution < -0.4 is 5.32 Å². The summed E-state index contributed by atoms with van der Waals surface area (Å²) in [4.78, 5) is 34.6. The number of benzene rings is 2. The lowest BCUT2D eigenvalue weighted by Gasteiger charge is -2.08. The molecule has 0 fully saturated rings. The van der Waals surface area contributed by atoms with Gasteiger partial charge in [-0.3, -0.25) is 14.9 Å². The van der Waals surface area contributed by atoms with Crippen LogP contribution in [0.3, 0.4) is 0 Å². The zero-order valence-electron chi connectivity index (χ0n) is 17.1. The number of non-ortho nitro benzene ring substituents is 1. The van der Waals surface area contributed by atoms with Crippen molar-refractivity contribution in [3.05, 3.63) is 85.9 Å². The van der Waals surface area contributed by atoms with Crippen LogP contribution in [-0.4, -0.2) is 33.2 Å². The number of aryl methyl sites for hydroxylation is 2. The minimum absolute atomic E-state index is 0.00751. The van der Waals surface area contributed by atoms with E-state index < -0.39 is 40.6 Å². The molecule has 11 heteroatoms. The Morgan fingerprint density at radius 3 is 2.56 bits per heavy atom. The lowest BCUT2D eigenvalue weighted by Crippen LogP contribution is -2.21. The molecule has 2 aromatic carbocycles. The Bertz CT molecular complexity index is 1190. The first-order valence-electron chi connectivity index (χ1n) is 9.35. The van der Waals surface area contributed by atoms with Gasteiger partial charge in [-0.25, -0.2) is 13.9 Å². The maximum absolute atomic E-state index is 13.8. The average molecular weight is 461 g/mol. The Hall–Kier alpha value is -3.79. The second kappa shape index (κ2) is 9.56. The fraction of sp³-hybridized carbons (Fsp3) is 0.190. The summed E-state index contributed by atoms with van der Waals surface area (Å²) >= 11 is 6.30. The van der Waals surface area contributed by atoms with Crippen LogP contribution in [0, 0.1) is 29.8 Å². The first-order valence-corrected chi connectivity index (χ1v) is 9.73. The minimum Gasteiger partial charge on any atom is -0.452 e. The number of nitro groups is 1. The number of halogens is 2. The Kier molecular flexibility index (Phi) is 6.84. The van der Waals surface area contributed by atoms with Crippen LogP contribution in [0.4, 0.5) is 15.8 Å². The molecule has 32 heavy (non-hydrogen) atoms. The van der Waals surface area contributed by atoms with E-state index in [1.54, 1.807) is 6.92 Å². The number of nitrogens with zero attached hydrogens (tertiary/aromatic N) is 3. The molecule has 0 bridgehead atoms. The van der Waals surface area contributed by atoms with Gasteiger partial charge in [-0.2, -0.15) is 5.10 Å². The molecule has 0 saturated heterocycles. The van der Waals surface area contributed by atoms with Crippen molar-refractivity contribution in [2.45, 2.75) is 20.4 Å². The summed E-state index contributed by atoms with van der Waals surface area (Å²) in [6, 6.07) is 10.4. The van der Waals surface area contributed by atoms with Gasteiger partial charge >= 0.3 is 5.97 Å². The third-order valence-corrected chi connectivity index (χ3v) is 4.88. The number of nitrogens with one attached hydrogen (secondary N) is 1. The summed E-state index contributed by atoms with van der Waals surface area (Å²) < 4.78 is 20.2. The van der Waals surface area contributed by atoms with Gasteiger partial charge in [0.15, 0.2) is 6.61 Å². The molecule has 0 aliphatic rings. The summed E-state index contributed by atoms with van der Waals surface area (Å²) in [7, 11) is 0. The molecular formula is C21H18ClFN4O5. The maximum atomic E-state index is 13.8. The highest BCUT2D eigenvalue weighted by Gasteiger charge is 2.23. The summed E-state index contributed by atoms with van der Waals surface area (Å²) in [5.74, 6) is -2.62. The van der Waals surface area contributed by atoms with Gasteiger partial charge < -0.3 is 10.1 Å². The molecule has 0 aliphatic heterocycles. The molecule has 1 aromatic heterocycles. The first kappa shape index (κ1) is 22.9. The van der Waals surface area contributed by atoms with Crippen molar-refractivity contribution in [2.24, 2.45) is 0 Å². The number of anilines is 1. The number of rotatable bonds is 7. The van der Waals surface area contributed by atoms with Crippen molar-refractivity contribution in [1.82, 2.24) is 9.78 Å². The predicted molar refractivity (Wildman–Crippen MR) is 114 cm³/mol. The van der Waals surface area contributed by atoms with E-state index in [9.17, 15) is 24.1 Å². The number of carbonyl (C=O) groups excluding carboxylic acids is 2. The van der Waals surface area contributed by atoms with Crippen molar-refractivity contribution >= 4 is 34.9 Å². The smallest absolute Gasteiger partial charge is 0.343 e. The van der Waals surface area contributed by atoms with E-state index in [-0.39, 0.29) is 10.7 Å². The normalized spacial score (nSPS) is 10.6. The third kappa shape index (κ3) is 5.27. The SMILES string of the molecule is Cc1ccc(Cn2nc(C)c(C(=O)OCC(=O)Nc3cc([N+](=O)[O-])ccc3F)c2Cl)cc1. The van der Waals surface area contributed by atoms with Gasteiger partial charge in [0.1, 0.15) is 16.5 Å². The molecule has 0 atom stereocenters. The Morgan fingerprint density at radius 1 is 1.22 bits per heavy atom. The molecule has 3 aromatic rings. The summed E-state index contributed by atoms with van der Waals surface area (Å²) in [6.07, 6.45) is 0. The molecule has 9 nitrogen and oxygen atoms in total. The van der Waals surface area contributed by atoms with Gasteiger partial charge in [0.05, 0.1) is 22.8 Å². The van der Waals surface area contributed by atoms with Gasteiger partial charge in [-0.05, 0) is 25.5 Å². The van der Waals surface area contributed by atoms with E-state index in [2.05, 4.69) is 10.4 Å². The fourth-order valence-electron chi connectivity index (χ4n) is 2.87.